The number of para-hydroxylation sites is 1. The Hall–Kier alpha value is -2.45. The van der Waals surface area contributed by atoms with Crippen molar-refractivity contribution in [2.24, 2.45) is 0 Å². The Morgan fingerprint density at radius 1 is 1.23 bits per heavy atom. The van der Waals surface area contributed by atoms with Gasteiger partial charge in [-0.15, -0.1) is 0 Å². The molecule has 0 aliphatic carbocycles. The number of nitrogens with zero attached hydrogens (tertiary/aromatic N) is 1. The van der Waals surface area contributed by atoms with Gasteiger partial charge in [0.1, 0.15) is 17.5 Å². The van der Waals surface area contributed by atoms with Crippen LogP contribution < -0.4 is 9.61 Å². The number of carbonyl (C=O) groups is 1. The standard InChI is InChI=1S/C20H27N2O7P/c1-13(2)28-20(25)15(4)22-30(26,29-17-8-6-5-7-9-17)27-12-16-10-21-14(3)19(24)18(16)11-23/h5-10,13,15,23-24H,11-12H2,1-4H3,(H,22,26)/t15-,30?/m1/s1. The lowest BCUT2D eigenvalue weighted by Crippen LogP contribution is -2.36. The third-order valence-electron chi connectivity index (χ3n) is 4.00. The highest BCUT2D eigenvalue weighted by molar-refractivity contribution is 7.52. The van der Waals surface area contributed by atoms with Gasteiger partial charge in [0.15, 0.2) is 0 Å². The highest BCUT2D eigenvalue weighted by Gasteiger charge is 2.33. The predicted octanol–water partition coefficient (Wildman–Crippen LogP) is 3.22. The fourth-order valence-electron chi connectivity index (χ4n) is 2.47. The smallest absolute Gasteiger partial charge is 0.459 e. The van der Waals surface area contributed by atoms with Crippen LogP contribution in [0.4, 0.5) is 0 Å². The Bertz CT molecular complexity index is 906. The van der Waals surface area contributed by atoms with E-state index in [4.69, 9.17) is 13.8 Å². The molecule has 3 N–H and O–H groups in total. The maximum Gasteiger partial charge on any atom is 0.459 e. The predicted molar refractivity (Wildman–Crippen MR) is 110 cm³/mol. The Labute approximate surface area is 175 Å². The molecule has 30 heavy (non-hydrogen) atoms. The molecule has 0 aliphatic heterocycles. The molecule has 0 saturated heterocycles. The number of ether oxygens (including phenoxy) is 1. The van der Waals surface area contributed by atoms with Gasteiger partial charge in [0.05, 0.1) is 25.0 Å². The van der Waals surface area contributed by atoms with E-state index in [-0.39, 0.29) is 29.8 Å². The second-order valence-electron chi connectivity index (χ2n) is 6.87. The van der Waals surface area contributed by atoms with E-state index in [1.54, 1.807) is 51.1 Å². The number of hydrogen-bond acceptors (Lipinski definition) is 8. The summed E-state index contributed by atoms with van der Waals surface area (Å²) in [5.41, 5.74) is 0.882. The van der Waals surface area contributed by atoms with E-state index in [0.717, 1.165) is 0 Å². The van der Waals surface area contributed by atoms with E-state index in [2.05, 4.69) is 10.1 Å². The first-order chi connectivity index (χ1) is 14.1. The Morgan fingerprint density at radius 3 is 2.50 bits per heavy atom. The van der Waals surface area contributed by atoms with E-state index in [9.17, 15) is 19.6 Å². The number of rotatable bonds is 10. The molecule has 10 heteroatoms. The molecule has 0 amide bonds. The number of carbonyl (C=O) groups excluding carboxylic acids is 1. The molecular weight excluding hydrogens is 411 g/mol. The molecule has 2 aromatic rings. The van der Waals surface area contributed by atoms with Crippen molar-refractivity contribution in [1.29, 1.82) is 0 Å². The van der Waals surface area contributed by atoms with Gasteiger partial charge in [0.2, 0.25) is 0 Å². The van der Waals surface area contributed by atoms with E-state index in [1.165, 1.54) is 13.1 Å². The Morgan fingerprint density at radius 2 is 1.90 bits per heavy atom. The molecule has 1 heterocycles. The van der Waals surface area contributed by atoms with E-state index in [1.807, 2.05) is 0 Å². The van der Waals surface area contributed by atoms with Gasteiger partial charge in [-0.1, -0.05) is 18.2 Å². The van der Waals surface area contributed by atoms with Crippen molar-refractivity contribution in [3.63, 3.8) is 0 Å². The fourth-order valence-corrected chi connectivity index (χ4v) is 3.94. The molecule has 9 nitrogen and oxygen atoms in total. The molecule has 1 unspecified atom stereocenters. The zero-order valence-electron chi connectivity index (χ0n) is 17.4. The number of hydrogen-bond donors (Lipinski definition) is 3. The third kappa shape index (κ3) is 6.53. The van der Waals surface area contributed by atoms with Gasteiger partial charge in [-0.3, -0.25) is 14.3 Å². The fraction of sp³-hybridized carbons (Fsp3) is 0.400. The van der Waals surface area contributed by atoms with Crippen molar-refractivity contribution in [2.45, 2.75) is 53.1 Å². The number of aromatic hydroxyl groups is 1. The Balaban J connectivity index is 2.24. The average molecular weight is 438 g/mol. The number of benzene rings is 1. The molecule has 0 aliphatic rings. The molecule has 0 saturated carbocycles. The van der Waals surface area contributed by atoms with Gasteiger partial charge in [-0.25, -0.2) is 4.57 Å². The van der Waals surface area contributed by atoms with Gasteiger partial charge in [0, 0.05) is 17.3 Å². The monoisotopic (exact) mass is 438 g/mol. The Kier molecular flexibility index (Phi) is 8.37. The summed E-state index contributed by atoms with van der Waals surface area (Å²) in [5, 5.41) is 22.2. The SMILES string of the molecule is Cc1ncc(COP(=O)(N[C@H](C)C(=O)OC(C)C)Oc2ccccc2)c(CO)c1O. The first-order valence-electron chi connectivity index (χ1n) is 9.40. The van der Waals surface area contributed by atoms with Crippen molar-refractivity contribution in [3.05, 3.63) is 53.3 Å². The summed E-state index contributed by atoms with van der Waals surface area (Å²) in [4.78, 5) is 16.2. The number of aliphatic hydroxyl groups excluding tert-OH is 1. The summed E-state index contributed by atoms with van der Waals surface area (Å²) >= 11 is 0. The summed E-state index contributed by atoms with van der Waals surface area (Å²) in [6, 6.07) is 7.36. The van der Waals surface area contributed by atoms with Crippen LogP contribution in [0, 0.1) is 6.92 Å². The molecule has 0 bridgehead atoms. The number of pyridine rings is 1. The number of aliphatic hydroxyl groups is 1. The summed E-state index contributed by atoms with van der Waals surface area (Å²) in [5.74, 6) is -0.513. The quantitative estimate of drug-likeness (QED) is 0.378. The van der Waals surface area contributed by atoms with Gasteiger partial charge >= 0.3 is 13.7 Å². The van der Waals surface area contributed by atoms with Crippen molar-refractivity contribution in [2.75, 3.05) is 0 Å². The lowest BCUT2D eigenvalue weighted by atomic mass is 10.1. The number of esters is 1. The van der Waals surface area contributed by atoms with Gasteiger partial charge in [-0.2, -0.15) is 5.09 Å². The van der Waals surface area contributed by atoms with Crippen molar-refractivity contribution < 1.29 is 33.4 Å². The minimum absolute atomic E-state index is 0.167. The molecule has 1 aromatic heterocycles. The molecule has 0 fully saturated rings. The van der Waals surface area contributed by atoms with Gasteiger partial charge < -0.3 is 19.5 Å². The van der Waals surface area contributed by atoms with Crippen molar-refractivity contribution >= 4 is 13.7 Å². The normalized spacial score (nSPS) is 14.2. The van der Waals surface area contributed by atoms with Crippen LogP contribution >= 0.6 is 7.75 Å². The van der Waals surface area contributed by atoms with Crippen LogP contribution in [0.1, 0.15) is 37.6 Å². The van der Waals surface area contributed by atoms with Gasteiger partial charge in [-0.05, 0) is 39.8 Å². The summed E-state index contributed by atoms with van der Waals surface area (Å²) in [6.07, 6.45) is 1.06. The summed E-state index contributed by atoms with van der Waals surface area (Å²) in [6.45, 7) is 5.73. The first-order valence-corrected chi connectivity index (χ1v) is 10.9. The molecule has 2 rings (SSSR count). The lowest BCUT2D eigenvalue weighted by Gasteiger charge is -2.23. The average Bonchev–Trinajstić information content (AvgIpc) is 2.69. The van der Waals surface area contributed by atoms with Crippen molar-refractivity contribution in [3.8, 4) is 11.5 Å². The number of aromatic nitrogens is 1. The number of nitrogens with one attached hydrogen (secondary N) is 1. The van der Waals surface area contributed by atoms with Crippen LogP contribution in [0.2, 0.25) is 0 Å². The molecule has 0 spiro atoms. The minimum atomic E-state index is -4.06. The van der Waals surface area contributed by atoms with Crippen LogP contribution in [-0.4, -0.2) is 33.3 Å². The van der Waals surface area contributed by atoms with Crippen LogP contribution in [0.25, 0.3) is 0 Å². The highest BCUT2D eigenvalue weighted by atomic mass is 31.2. The summed E-state index contributed by atoms with van der Waals surface area (Å²) < 4.78 is 29.6. The number of aryl methyl sites for hydroxylation is 1. The van der Waals surface area contributed by atoms with Crippen LogP contribution in [0.15, 0.2) is 36.5 Å². The van der Waals surface area contributed by atoms with Crippen LogP contribution in [0.5, 0.6) is 11.5 Å². The summed E-state index contributed by atoms with van der Waals surface area (Å²) in [7, 11) is -4.06. The molecule has 0 radical (unpaired) electrons. The highest BCUT2D eigenvalue weighted by Crippen LogP contribution is 2.46. The zero-order valence-corrected chi connectivity index (χ0v) is 18.3. The minimum Gasteiger partial charge on any atom is -0.506 e. The zero-order chi connectivity index (χ0) is 22.3. The maximum absolute atomic E-state index is 13.4. The molecular formula is C20H27N2O7P. The van der Waals surface area contributed by atoms with Crippen molar-refractivity contribution in [1.82, 2.24) is 10.1 Å². The lowest BCUT2D eigenvalue weighted by molar-refractivity contribution is -0.149. The second kappa shape index (κ2) is 10.5. The first kappa shape index (κ1) is 23.8. The second-order valence-corrected chi connectivity index (χ2v) is 8.56. The van der Waals surface area contributed by atoms with Crippen LogP contribution in [0.3, 0.4) is 0 Å². The topological polar surface area (TPSA) is 127 Å². The van der Waals surface area contributed by atoms with Crippen LogP contribution in [-0.2, 0) is 31.8 Å². The molecule has 2 atom stereocenters. The van der Waals surface area contributed by atoms with Gasteiger partial charge in [0.25, 0.3) is 0 Å². The third-order valence-corrected chi connectivity index (χ3v) is 5.63. The largest absolute Gasteiger partial charge is 0.506 e. The van der Waals surface area contributed by atoms with E-state index < -0.39 is 26.4 Å². The maximum atomic E-state index is 13.4. The molecule has 1 aromatic carbocycles. The van der Waals surface area contributed by atoms with E-state index in [0.29, 0.717) is 11.3 Å². The van der Waals surface area contributed by atoms with E-state index >= 15 is 0 Å². The molecule has 164 valence electrons.